The molecule has 0 atom stereocenters. The van der Waals surface area contributed by atoms with Crippen LogP contribution in [0.5, 0.6) is 0 Å². The van der Waals surface area contributed by atoms with Gasteiger partial charge in [-0.2, -0.15) is 0 Å². The Balaban J connectivity index is -0.000000183. The molecule has 0 aromatic rings. The summed E-state index contributed by atoms with van der Waals surface area (Å²) in [6.45, 7) is 2.71. The standard InChI is InChI=1S/2C10H20N4O4.2Fe.H2O/c2*11-1-3-13(7-9(15)16)5-6-14(4-2-12)8-10(17)18;;;/h2*11-12H,1-8H2,(H,15,16)(H,17,18);;;1H2/q2*-2;2*+4;. The van der Waals surface area contributed by atoms with Crippen LogP contribution < -0.4 is 0 Å². The van der Waals surface area contributed by atoms with E-state index in [1.54, 1.807) is 19.6 Å². The van der Waals surface area contributed by atoms with Crippen LogP contribution in [0.1, 0.15) is 0 Å². The molecular weight excluding hydrogens is 608 g/mol. The summed E-state index contributed by atoms with van der Waals surface area (Å²) in [5.74, 6) is -3.86. The van der Waals surface area contributed by atoms with Gasteiger partial charge in [-0.05, 0) is 26.2 Å². The maximum Gasteiger partial charge on any atom is 4.00 e. The second-order valence-electron chi connectivity index (χ2n) is 7.68. The molecule has 39 heavy (non-hydrogen) atoms. The van der Waals surface area contributed by atoms with E-state index < -0.39 is 23.9 Å². The molecule has 0 aliphatic carbocycles. The van der Waals surface area contributed by atoms with Crippen molar-refractivity contribution in [1.29, 1.82) is 0 Å². The number of rotatable bonds is 22. The predicted molar refractivity (Wildman–Crippen MR) is 137 cm³/mol. The van der Waals surface area contributed by atoms with Gasteiger partial charge in [-0.25, -0.2) is 0 Å². The number of carboxylic acid groups (broad SMARTS) is 4. The Bertz CT molecular complexity index is 538. The average Bonchev–Trinajstić information content (AvgIpc) is 2.75. The summed E-state index contributed by atoms with van der Waals surface area (Å²) in [5, 5.41) is 34.7. The van der Waals surface area contributed by atoms with Gasteiger partial charge in [-0.1, -0.05) is 0 Å². The van der Waals surface area contributed by atoms with Crippen LogP contribution in [0.15, 0.2) is 0 Å². The Morgan fingerprint density at radius 1 is 0.410 bits per heavy atom. The molecule has 0 fully saturated rings. The minimum atomic E-state index is -0.964. The van der Waals surface area contributed by atoms with Gasteiger partial charge in [0, 0.05) is 26.2 Å². The molecule has 0 aromatic carbocycles. The zero-order valence-electron chi connectivity index (χ0n) is 21.7. The third-order valence-corrected chi connectivity index (χ3v) is 4.61. The number of aliphatic carboxylic acids is 4. The van der Waals surface area contributed by atoms with Crippen molar-refractivity contribution in [2.75, 3.05) is 105 Å². The quantitative estimate of drug-likeness (QED) is 0.102. The summed E-state index contributed by atoms with van der Waals surface area (Å²) < 4.78 is 0. The first kappa shape index (κ1) is 47.4. The van der Waals surface area contributed by atoms with E-state index in [-0.39, 0.29) is 92.0 Å². The van der Waals surface area contributed by atoms with Crippen molar-refractivity contribution < 1.29 is 79.2 Å². The molecule has 0 unspecified atom stereocenters. The van der Waals surface area contributed by atoms with Crippen LogP contribution in [0, 0.1) is 0 Å². The van der Waals surface area contributed by atoms with Gasteiger partial charge >= 0.3 is 58.0 Å². The molecule has 0 saturated carbocycles. The molecule has 0 amide bonds. The van der Waals surface area contributed by atoms with Crippen LogP contribution >= 0.6 is 0 Å². The van der Waals surface area contributed by atoms with Crippen molar-refractivity contribution in [3.8, 4) is 0 Å². The molecule has 0 spiro atoms. The zero-order chi connectivity index (χ0) is 27.9. The summed E-state index contributed by atoms with van der Waals surface area (Å²) in [5.41, 5.74) is 28.3. The molecular formula is C20H42Fe2N8O9+4. The van der Waals surface area contributed by atoms with Crippen molar-refractivity contribution in [1.82, 2.24) is 19.6 Å². The van der Waals surface area contributed by atoms with Gasteiger partial charge in [-0.15, -0.1) is 26.2 Å². The van der Waals surface area contributed by atoms with Gasteiger partial charge in [0.2, 0.25) is 0 Å². The normalized spacial score (nSPS) is 10.3. The molecule has 0 rings (SSSR count). The fourth-order valence-corrected chi connectivity index (χ4v) is 3.04. The van der Waals surface area contributed by atoms with Crippen molar-refractivity contribution in [3.63, 3.8) is 0 Å². The number of hydrogen-bond acceptors (Lipinski definition) is 8. The minimum absolute atomic E-state index is 0. The Morgan fingerprint density at radius 3 is 0.667 bits per heavy atom. The molecule has 0 aliphatic rings. The van der Waals surface area contributed by atoms with Crippen molar-refractivity contribution >= 4 is 23.9 Å². The predicted octanol–water partition coefficient (Wildman–Crippen LogP) is -1.10. The molecule has 19 heteroatoms. The largest absolute Gasteiger partial charge is 4.00 e. The van der Waals surface area contributed by atoms with E-state index in [0.29, 0.717) is 52.4 Å². The van der Waals surface area contributed by atoms with Crippen molar-refractivity contribution in [2.45, 2.75) is 0 Å². The fraction of sp³-hybridized carbons (Fsp3) is 0.800. The van der Waals surface area contributed by atoms with Gasteiger partial charge in [0.15, 0.2) is 0 Å². The van der Waals surface area contributed by atoms with E-state index in [1.165, 1.54) is 0 Å². The summed E-state index contributed by atoms with van der Waals surface area (Å²) in [6, 6.07) is 0. The van der Waals surface area contributed by atoms with Crippen LogP contribution in [0.3, 0.4) is 0 Å². The second-order valence-corrected chi connectivity index (χ2v) is 7.68. The van der Waals surface area contributed by atoms with E-state index in [1.807, 2.05) is 0 Å². The topological polar surface area (TPSA) is 289 Å². The molecule has 0 radical (unpaired) electrons. The Labute approximate surface area is 250 Å². The monoisotopic (exact) mass is 650 g/mol. The molecule has 17 nitrogen and oxygen atoms in total. The molecule has 0 saturated heterocycles. The first-order valence-electron chi connectivity index (χ1n) is 11.3. The minimum Gasteiger partial charge on any atom is -0.676 e. The van der Waals surface area contributed by atoms with E-state index in [9.17, 15) is 19.2 Å². The van der Waals surface area contributed by atoms with Crippen molar-refractivity contribution in [3.05, 3.63) is 22.9 Å². The van der Waals surface area contributed by atoms with Gasteiger partial charge in [0.05, 0.1) is 26.2 Å². The maximum atomic E-state index is 10.6. The maximum absolute atomic E-state index is 10.6. The number of nitrogens with one attached hydrogen (secondary N) is 4. The SMILES string of the molecule is O.[Fe+4].[Fe+4].[NH-]CCN(CCN(CC[NH-])CC(=O)O)CC(=O)O.[NH-]CCN(CCN(CC[NH-])CC(=O)O)CC(=O)O. The average molecular weight is 650 g/mol. The van der Waals surface area contributed by atoms with Crippen molar-refractivity contribution in [2.24, 2.45) is 0 Å². The molecule has 0 aliphatic heterocycles. The Morgan fingerprint density at radius 2 is 0.564 bits per heavy atom. The van der Waals surface area contributed by atoms with Crippen LogP contribution in [0.25, 0.3) is 22.9 Å². The Kier molecular flexibility index (Phi) is 37.8. The third-order valence-electron chi connectivity index (χ3n) is 4.61. The number of nitrogens with zero attached hydrogens (tertiary/aromatic N) is 4. The third kappa shape index (κ3) is 32.7. The summed E-state index contributed by atoms with van der Waals surface area (Å²) in [7, 11) is 0. The Hall–Kier alpha value is -1.44. The molecule has 0 bridgehead atoms. The number of carbonyl (C=O) groups is 4. The van der Waals surface area contributed by atoms with E-state index in [0.717, 1.165) is 0 Å². The second kappa shape index (κ2) is 31.1. The van der Waals surface area contributed by atoms with Gasteiger partial charge in [-0.3, -0.25) is 38.8 Å². The first-order chi connectivity index (χ1) is 17.0. The smallest absolute Gasteiger partial charge is 0.676 e. The number of carboxylic acids is 4. The van der Waals surface area contributed by atoms with Crippen LogP contribution in [-0.2, 0) is 53.3 Å². The first-order valence-corrected chi connectivity index (χ1v) is 11.3. The van der Waals surface area contributed by atoms with Gasteiger partial charge in [0.25, 0.3) is 0 Å². The summed E-state index contributed by atoms with van der Waals surface area (Å²) in [6.07, 6.45) is 0. The number of hydrogen-bond donors (Lipinski definition) is 4. The van der Waals surface area contributed by atoms with E-state index in [4.69, 9.17) is 43.4 Å². The van der Waals surface area contributed by atoms with Crippen LogP contribution in [0.4, 0.5) is 0 Å². The van der Waals surface area contributed by atoms with Crippen LogP contribution in [-0.4, -0.2) is 174 Å². The zero-order valence-corrected chi connectivity index (χ0v) is 23.9. The van der Waals surface area contributed by atoms with Gasteiger partial charge < -0.3 is 48.8 Å². The fourth-order valence-electron chi connectivity index (χ4n) is 3.04. The van der Waals surface area contributed by atoms with E-state index in [2.05, 4.69) is 0 Å². The molecule has 228 valence electrons. The van der Waals surface area contributed by atoms with Gasteiger partial charge in [0.1, 0.15) is 0 Å². The molecule has 0 heterocycles. The van der Waals surface area contributed by atoms with Crippen LogP contribution in [0.2, 0.25) is 0 Å². The summed E-state index contributed by atoms with van der Waals surface area (Å²) >= 11 is 0. The molecule has 0 aromatic heterocycles. The summed E-state index contributed by atoms with van der Waals surface area (Å²) in [4.78, 5) is 48.7. The molecule has 10 N–H and O–H groups in total. The van der Waals surface area contributed by atoms with E-state index >= 15 is 0 Å².